The number of rotatable bonds is 5. The summed E-state index contributed by atoms with van der Waals surface area (Å²) < 4.78 is 32.3. The summed E-state index contributed by atoms with van der Waals surface area (Å²) in [7, 11) is 0. The zero-order valence-electron chi connectivity index (χ0n) is 10.4. The average molecular weight is 284 g/mol. The Morgan fingerprint density at radius 2 is 2.20 bits per heavy atom. The van der Waals surface area contributed by atoms with Gasteiger partial charge in [0.1, 0.15) is 11.4 Å². The van der Waals surface area contributed by atoms with Gasteiger partial charge in [-0.1, -0.05) is 12.1 Å². The molecule has 0 spiro atoms. The van der Waals surface area contributed by atoms with E-state index in [1.54, 1.807) is 0 Å². The summed E-state index contributed by atoms with van der Waals surface area (Å²) >= 11 is 0. The van der Waals surface area contributed by atoms with Crippen LogP contribution < -0.4 is 5.32 Å². The van der Waals surface area contributed by atoms with Crippen molar-refractivity contribution < 1.29 is 18.2 Å². The maximum absolute atomic E-state index is 13.9. The molecule has 1 heterocycles. The summed E-state index contributed by atoms with van der Waals surface area (Å²) in [5, 5.41) is 17.1. The summed E-state index contributed by atoms with van der Waals surface area (Å²) in [6.07, 6.45) is 0. The largest absolute Gasteiger partial charge is 0.334 e. The van der Waals surface area contributed by atoms with Crippen LogP contribution in [0.2, 0.25) is 0 Å². The monoisotopic (exact) mass is 284 g/mol. The van der Waals surface area contributed by atoms with Crippen molar-refractivity contribution >= 4 is 5.69 Å². The van der Waals surface area contributed by atoms with Gasteiger partial charge in [-0.15, -0.1) is 0 Å². The summed E-state index contributed by atoms with van der Waals surface area (Å²) in [4.78, 5) is 13.5. The molecule has 106 valence electrons. The smallest absolute Gasteiger partial charge is 0.305 e. The van der Waals surface area contributed by atoms with E-state index in [1.165, 1.54) is 0 Å². The first kappa shape index (κ1) is 14.0. The van der Waals surface area contributed by atoms with E-state index in [0.29, 0.717) is 6.54 Å². The van der Waals surface area contributed by atoms with Gasteiger partial charge in [-0.2, -0.15) is 9.37 Å². The van der Waals surface area contributed by atoms with Crippen LogP contribution in [0.15, 0.2) is 16.7 Å². The van der Waals surface area contributed by atoms with Crippen molar-refractivity contribution in [1.82, 2.24) is 15.5 Å². The minimum absolute atomic E-state index is 0.201. The molecule has 0 amide bonds. The highest BCUT2D eigenvalue weighted by atomic mass is 19.1. The first-order valence-electron chi connectivity index (χ1n) is 5.70. The number of nitrogens with one attached hydrogen (secondary N) is 1. The highest BCUT2D eigenvalue weighted by molar-refractivity contribution is 5.60. The van der Waals surface area contributed by atoms with Gasteiger partial charge in [0, 0.05) is 6.07 Å². The first-order chi connectivity index (χ1) is 9.54. The molecule has 0 aliphatic carbocycles. The van der Waals surface area contributed by atoms with E-state index in [9.17, 15) is 18.9 Å². The number of nitro groups is 1. The molecule has 1 aromatic carbocycles. The van der Waals surface area contributed by atoms with Crippen LogP contribution in [0.5, 0.6) is 0 Å². The van der Waals surface area contributed by atoms with Crippen LogP contribution in [0.3, 0.4) is 0 Å². The van der Waals surface area contributed by atoms with E-state index in [4.69, 9.17) is 4.52 Å². The number of benzene rings is 1. The van der Waals surface area contributed by atoms with Crippen LogP contribution in [0.25, 0.3) is 11.5 Å². The van der Waals surface area contributed by atoms with Gasteiger partial charge in [-0.05, 0) is 12.6 Å². The predicted octanol–water partition coefficient (Wildman–Crippen LogP) is 2.03. The van der Waals surface area contributed by atoms with Crippen molar-refractivity contribution in [3.63, 3.8) is 0 Å². The Kier molecular flexibility index (Phi) is 3.99. The molecule has 0 saturated heterocycles. The maximum atomic E-state index is 13.9. The second-order valence-electron chi connectivity index (χ2n) is 3.81. The molecule has 20 heavy (non-hydrogen) atoms. The van der Waals surface area contributed by atoms with Crippen molar-refractivity contribution in [2.45, 2.75) is 13.5 Å². The predicted molar refractivity (Wildman–Crippen MR) is 63.7 cm³/mol. The van der Waals surface area contributed by atoms with Gasteiger partial charge in [0.2, 0.25) is 5.82 Å². The Morgan fingerprint density at radius 1 is 1.45 bits per heavy atom. The van der Waals surface area contributed by atoms with E-state index in [0.717, 1.165) is 12.1 Å². The van der Waals surface area contributed by atoms with Gasteiger partial charge in [0.15, 0.2) is 5.82 Å². The third-order valence-electron chi connectivity index (χ3n) is 2.48. The summed E-state index contributed by atoms with van der Waals surface area (Å²) in [6.45, 7) is 2.78. The molecular weight excluding hydrogens is 274 g/mol. The molecule has 2 rings (SSSR count). The van der Waals surface area contributed by atoms with Crippen LogP contribution in [0, 0.1) is 21.7 Å². The lowest BCUT2D eigenvalue weighted by Crippen LogP contribution is -2.12. The molecule has 0 unspecified atom stereocenters. The molecule has 0 radical (unpaired) electrons. The average Bonchev–Trinajstić information content (AvgIpc) is 2.84. The lowest BCUT2D eigenvalue weighted by Gasteiger charge is -2.00. The zero-order chi connectivity index (χ0) is 14.7. The molecule has 9 heteroatoms. The lowest BCUT2D eigenvalue weighted by molar-refractivity contribution is -0.387. The topological polar surface area (TPSA) is 94.1 Å². The van der Waals surface area contributed by atoms with Crippen molar-refractivity contribution in [3.8, 4) is 11.5 Å². The number of nitro benzene ring substituents is 1. The first-order valence-corrected chi connectivity index (χ1v) is 5.70. The lowest BCUT2D eigenvalue weighted by atomic mass is 10.1. The molecule has 7 nitrogen and oxygen atoms in total. The fourth-order valence-electron chi connectivity index (χ4n) is 1.54. The summed E-state index contributed by atoms with van der Waals surface area (Å²) in [6, 6.07) is 1.52. The third kappa shape index (κ3) is 2.62. The molecule has 0 atom stereocenters. The molecule has 1 aromatic heterocycles. The standard InChI is InChI=1S/C11H10F2N4O3/c1-2-14-5-8-15-11(20-16-8)9-6(12)3-4-7(10(9)13)17(18)19/h3-4,14H,2,5H2,1H3. The van der Waals surface area contributed by atoms with Crippen LogP contribution >= 0.6 is 0 Å². The minimum Gasteiger partial charge on any atom is -0.334 e. The van der Waals surface area contributed by atoms with Gasteiger partial charge >= 0.3 is 5.69 Å². The fourth-order valence-corrected chi connectivity index (χ4v) is 1.54. The maximum Gasteiger partial charge on any atom is 0.305 e. The van der Waals surface area contributed by atoms with E-state index in [-0.39, 0.29) is 12.4 Å². The van der Waals surface area contributed by atoms with Crippen molar-refractivity contribution in [3.05, 3.63) is 39.7 Å². The Labute approximate surface area is 111 Å². The molecule has 0 aliphatic rings. The molecule has 2 aromatic rings. The minimum atomic E-state index is -1.34. The molecule has 0 saturated carbocycles. The SMILES string of the molecule is CCNCc1noc(-c2c(F)ccc([N+](=O)[O-])c2F)n1. The number of aromatic nitrogens is 2. The normalized spacial score (nSPS) is 10.8. The summed E-state index contributed by atoms with van der Waals surface area (Å²) in [5.74, 6) is -2.58. The second kappa shape index (κ2) is 5.70. The van der Waals surface area contributed by atoms with Gasteiger partial charge in [0.05, 0.1) is 11.5 Å². The van der Waals surface area contributed by atoms with E-state index in [1.807, 2.05) is 6.92 Å². The molecule has 0 fully saturated rings. The fraction of sp³-hybridized carbons (Fsp3) is 0.273. The Hall–Kier alpha value is -2.42. The van der Waals surface area contributed by atoms with Crippen LogP contribution in [-0.2, 0) is 6.54 Å². The molecular formula is C11H10F2N4O3. The second-order valence-corrected chi connectivity index (χ2v) is 3.81. The van der Waals surface area contributed by atoms with Crippen molar-refractivity contribution in [2.75, 3.05) is 6.54 Å². The van der Waals surface area contributed by atoms with Gasteiger partial charge < -0.3 is 9.84 Å². The van der Waals surface area contributed by atoms with Crippen molar-refractivity contribution in [1.29, 1.82) is 0 Å². The number of hydrogen-bond donors (Lipinski definition) is 1. The third-order valence-corrected chi connectivity index (χ3v) is 2.48. The van der Waals surface area contributed by atoms with Crippen LogP contribution in [0.1, 0.15) is 12.7 Å². The Morgan fingerprint density at radius 3 is 2.85 bits per heavy atom. The van der Waals surface area contributed by atoms with Crippen LogP contribution in [-0.4, -0.2) is 21.6 Å². The van der Waals surface area contributed by atoms with Gasteiger partial charge in [-0.25, -0.2) is 4.39 Å². The van der Waals surface area contributed by atoms with Crippen molar-refractivity contribution in [2.24, 2.45) is 0 Å². The highest BCUT2D eigenvalue weighted by Crippen LogP contribution is 2.30. The number of nitrogens with zero attached hydrogens (tertiary/aromatic N) is 3. The van der Waals surface area contributed by atoms with E-state index >= 15 is 0 Å². The number of halogens is 2. The van der Waals surface area contributed by atoms with Crippen LogP contribution in [0.4, 0.5) is 14.5 Å². The van der Waals surface area contributed by atoms with Gasteiger partial charge in [-0.3, -0.25) is 10.1 Å². The molecule has 0 bridgehead atoms. The molecule has 1 N–H and O–H groups in total. The molecule has 0 aliphatic heterocycles. The zero-order valence-corrected chi connectivity index (χ0v) is 10.4. The Bertz CT molecular complexity index is 645. The highest BCUT2D eigenvalue weighted by Gasteiger charge is 2.26. The van der Waals surface area contributed by atoms with E-state index in [2.05, 4.69) is 15.5 Å². The van der Waals surface area contributed by atoms with Gasteiger partial charge in [0.25, 0.3) is 5.89 Å². The quantitative estimate of drug-likeness (QED) is 0.667. The van der Waals surface area contributed by atoms with E-state index < -0.39 is 33.7 Å². The number of hydrogen-bond acceptors (Lipinski definition) is 6. The Balaban J connectivity index is 2.44. The summed E-state index contributed by atoms with van der Waals surface area (Å²) in [5.41, 5.74) is -1.55.